The highest BCUT2D eigenvalue weighted by molar-refractivity contribution is 7.99. The normalized spacial score (nSPS) is 10.8. The summed E-state index contributed by atoms with van der Waals surface area (Å²) in [4.78, 5) is 33.7. The van der Waals surface area contributed by atoms with Crippen LogP contribution < -0.4 is 5.32 Å². The molecule has 0 bridgehead atoms. The topological polar surface area (TPSA) is 93.6 Å². The zero-order valence-corrected chi connectivity index (χ0v) is 16.3. The molecule has 28 heavy (non-hydrogen) atoms. The molecule has 0 saturated carbocycles. The molecule has 4 aromatic rings. The first-order valence-electron chi connectivity index (χ1n) is 7.93. The summed E-state index contributed by atoms with van der Waals surface area (Å²) in [7, 11) is 0. The average molecular weight is 429 g/mol. The van der Waals surface area contributed by atoms with Gasteiger partial charge < -0.3 is 5.32 Å². The van der Waals surface area contributed by atoms with E-state index in [4.69, 9.17) is 23.2 Å². The standard InChI is InChI=1S/C18H10Cl2N6OS/c19-15-5-4-10-12(24-15)9-23-18(26-10)28-14-3-1-2-11(16(14)20)25-17(27)13-8-21-6-7-22-13/h1-9H,(H,25,27). The highest BCUT2D eigenvalue weighted by Gasteiger charge is 2.14. The Morgan fingerprint density at radius 1 is 0.964 bits per heavy atom. The summed E-state index contributed by atoms with van der Waals surface area (Å²) in [5.74, 6) is -0.401. The van der Waals surface area contributed by atoms with E-state index < -0.39 is 5.91 Å². The van der Waals surface area contributed by atoms with E-state index in [2.05, 4.69) is 30.2 Å². The van der Waals surface area contributed by atoms with Crippen molar-refractivity contribution in [1.82, 2.24) is 24.9 Å². The lowest BCUT2D eigenvalue weighted by atomic mass is 10.3. The van der Waals surface area contributed by atoms with Gasteiger partial charge >= 0.3 is 0 Å². The van der Waals surface area contributed by atoms with Gasteiger partial charge in [-0.1, -0.05) is 29.3 Å². The van der Waals surface area contributed by atoms with Crippen molar-refractivity contribution in [2.45, 2.75) is 10.1 Å². The molecule has 0 unspecified atom stereocenters. The molecule has 1 N–H and O–H groups in total. The molecule has 0 aliphatic heterocycles. The Morgan fingerprint density at radius 2 is 1.86 bits per heavy atom. The van der Waals surface area contributed by atoms with Gasteiger partial charge in [-0.3, -0.25) is 9.78 Å². The van der Waals surface area contributed by atoms with E-state index in [0.717, 1.165) is 0 Å². The van der Waals surface area contributed by atoms with Crippen molar-refractivity contribution in [3.63, 3.8) is 0 Å². The Kier molecular flexibility index (Phi) is 5.34. The van der Waals surface area contributed by atoms with Crippen LogP contribution in [0.4, 0.5) is 5.69 Å². The molecule has 10 heteroatoms. The van der Waals surface area contributed by atoms with Crippen LogP contribution in [0.25, 0.3) is 11.0 Å². The molecule has 0 fully saturated rings. The smallest absolute Gasteiger partial charge is 0.275 e. The molecule has 0 aliphatic rings. The van der Waals surface area contributed by atoms with Crippen LogP contribution in [0.2, 0.25) is 10.2 Å². The summed E-state index contributed by atoms with van der Waals surface area (Å²) in [6, 6.07) is 8.74. The quantitative estimate of drug-likeness (QED) is 0.376. The molecule has 0 atom stereocenters. The number of nitrogens with one attached hydrogen (secondary N) is 1. The zero-order chi connectivity index (χ0) is 19.5. The second-order valence-electron chi connectivity index (χ2n) is 5.46. The third-order valence-electron chi connectivity index (χ3n) is 3.59. The van der Waals surface area contributed by atoms with Gasteiger partial charge in [0.25, 0.3) is 5.91 Å². The van der Waals surface area contributed by atoms with Gasteiger partial charge in [0.1, 0.15) is 16.4 Å². The van der Waals surface area contributed by atoms with Crippen molar-refractivity contribution in [1.29, 1.82) is 0 Å². The third-order valence-corrected chi connectivity index (χ3v) is 5.26. The second kappa shape index (κ2) is 8.05. The van der Waals surface area contributed by atoms with Crippen molar-refractivity contribution < 1.29 is 4.79 Å². The van der Waals surface area contributed by atoms with Crippen LogP contribution >= 0.6 is 35.0 Å². The lowest BCUT2D eigenvalue weighted by molar-refractivity contribution is 0.102. The molecule has 138 valence electrons. The number of carbonyl (C=O) groups is 1. The third kappa shape index (κ3) is 4.04. The maximum atomic E-state index is 12.3. The molecule has 0 spiro atoms. The van der Waals surface area contributed by atoms with E-state index in [1.54, 1.807) is 30.5 Å². The molecule has 3 aromatic heterocycles. The van der Waals surface area contributed by atoms with Crippen molar-refractivity contribution in [2.75, 3.05) is 5.32 Å². The fourth-order valence-electron chi connectivity index (χ4n) is 2.32. The molecule has 3 heterocycles. The number of halogens is 2. The highest BCUT2D eigenvalue weighted by atomic mass is 35.5. The lowest BCUT2D eigenvalue weighted by Crippen LogP contribution is -2.14. The number of hydrogen-bond donors (Lipinski definition) is 1. The van der Waals surface area contributed by atoms with Crippen LogP contribution in [-0.2, 0) is 0 Å². The van der Waals surface area contributed by atoms with E-state index >= 15 is 0 Å². The number of aromatic nitrogens is 5. The van der Waals surface area contributed by atoms with E-state index in [1.807, 2.05) is 6.07 Å². The van der Waals surface area contributed by atoms with Crippen LogP contribution in [0.5, 0.6) is 0 Å². The number of carbonyl (C=O) groups excluding carboxylic acids is 1. The summed E-state index contributed by atoms with van der Waals surface area (Å²) < 4.78 is 0. The number of pyridine rings is 1. The fraction of sp³-hybridized carbons (Fsp3) is 0. The van der Waals surface area contributed by atoms with Crippen molar-refractivity contribution in [3.8, 4) is 0 Å². The van der Waals surface area contributed by atoms with E-state index in [0.29, 0.717) is 36.9 Å². The minimum atomic E-state index is -0.401. The summed E-state index contributed by atoms with van der Waals surface area (Å²) in [6.07, 6.45) is 5.92. The first-order valence-corrected chi connectivity index (χ1v) is 9.50. The number of benzene rings is 1. The van der Waals surface area contributed by atoms with Gasteiger partial charge in [-0.2, -0.15) is 0 Å². The van der Waals surface area contributed by atoms with E-state index in [9.17, 15) is 4.79 Å². The number of anilines is 1. The monoisotopic (exact) mass is 428 g/mol. The first-order chi connectivity index (χ1) is 13.6. The van der Waals surface area contributed by atoms with E-state index in [-0.39, 0.29) is 5.69 Å². The molecular formula is C18H10Cl2N6OS. The van der Waals surface area contributed by atoms with Crippen LogP contribution in [0.15, 0.2) is 65.2 Å². The van der Waals surface area contributed by atoms with Crippen molar-refractivity contribution >= 4 is 57.6 Å². The Bertz CT molecular complexity index is 1180. The molecular weight excluding hydrogens is 419 g/mol. The summed E-state index contributed by atoms with van der Waals surface area (Å²) in [6.45, 7) is 0. The number of rotatable bonds is 4. The highest BCUT2D eigenvalue weighted by Crippen LogP contribution is 2.36. The van der Waals surface area contributed by atoms with Gasteiger partial charge in [0.05, 0.1) is 28.6 Å². The molecule has 4 rings (SSSR count). The Morgan fingerprint density at radius 3 is 2.68 bits per heavy atom. The Labute approximate surface area is 173 Å². The van der Waals surface area contributed by atoms with Gasteiger partial charge in [-0.15, -0.1) is 0 Å². The van der Waals surface area contributed by atoms with E-state index in [1.165, 1.54) is 30.4 Å². The predicted octanol–water partition coefficient (Wildman–Crippen LogP) is 4.53. The Hall–Kier alpha value is -2.81. The summed E-state index contributed by atoms with van der Waals surface area (Å²) in [5.41, 5.74) is 1.93. The predicted molar refractivity (Wildman–Crippen MR) is 108 cm³/mol. The van der Waals surface area contributed by atoms with Gasteiger partial charge in [0, 0.05) is 17.3 Å². The molecule has 0 aliphatic carbocycles. The Balaban J connectivity index is 1.58. The summed E-state index contributed by atoms with van der Waals surface area (Å²) in [5, 5.41) is 3.99. The first kappa shape index (κ1) is 18.5. The van der Waals surface area contributed by atoms with Gasteiger partial charge in [-0.25, -0.2) is 19.9 Å². The van der Waals surface area contributed by atoms with Crippen LogP contribution in [0.3, 0.4) is 0 Å². The minimum Gasteiger partial charge on any atom is -0.319 e. The number of hydrogen-bond acceptors (Lipinski definition) is 7. The summed E-state index contributed by atoms with van der Waals surface area (Å²) >= 11 is 13.6. The maximum Gasteiger partial charge on any atom is 0.275 e. The maximum absolute atomic E-state index is 12.3. The number of amides is 1. The van der Waals surface area contributed by atoms with Crippen molar-refractivity contribution in [3.05, 3.63) is 71.0 Å². The largest absolute Gasteiger partial charge is 0.319 e. The van der Waals surface area contributed by atoms with Crippen LogP contribution in [0, 0.1) is 0 Å². The van der Waals surface area contributed by atoms with Gasteiger partial charge in [-0.05, 0) is 36.0 Å². The molecule has 7 nitrogen and oxygen atoms in total. The number of nitrogens with zero attached hydrogens (tertiary/aromatic N) is 5. The fourth-order valence-corrected chi connectivity index (χ4v) is 3.55. The van der Waals surface area contributed by atoms with Gasteiger partial charge in [0.15, 0.2) is 5.16 Å². The zero-order valence-electron chi connectivity index (χ0n) is 14.0. The minimum absolute atomic E-state index is 0.195. The van der Waals surface area contributed by atoms with Crippen molar-refractivity contribution in [2.24, 2.45) is 0 Å². The van der Waals surface area contributed by atoms with Crippen LogP contribution in [-0.4, -0.2) is 30.8 Å². The molecule has 1 aromatic carbocycles. The molecule has 0 radical (unpaired) electrons. The molecule has 1 amide bonds. The van der Waals surface area contributed by atoms with Crippen LogP contribution in [0.1, 0.15) is 10.5 Å². The van der Waals surface area contributed by atoms with Gasteiger partial charge in [0.2, 0.25) is 0 Å². The molecule has 0 saturated heterocycles. The second-order valence-corrected chi connectivity index (χ2v) is 7.23. The average Bonchev–Trinajstić information content (AvgIpc) is 2.71. The SMILES string of the molecule is O=C(Nc1cccc(Sc2ncc3nc(Cl)ccc3n2)c1Cl)c1cnccn1. The number of fused-ring (bicyclic) bond motifs is 1. The lowest BCUT2D eigenvalue weighted by Gasteiger charge is -2.10.